The fourth-order valence-electron chi connectivity index (χ4n) is 1.82. The quantitative estimate of drug-likeness (QED) is 0.891. The van der Waals surface area contributed by atoms with Crippen LogP contribution in [0.25, 0.3) is 0 Å². The second kappa shape index (κ2) is 5.82. The van der Waals surface area contributed by atoms with Gasteiger partial charge in [-0.3, -0.25) is 4.79 Å². The van der Waals surface area contributed by atoms with Crippen molar-refractivity contribution < 1.29 is 14.6 Å². The monoisotopic (exact) mass is 321 g/mol. The maximum absolute atomic E-state index is 10.7. The predicted molar refractivity (Wildman–Crippen MR) is 69.2 cm³/mol. The average molecular weight is 323 g/mol. The van der Waals surface area contributed by atoms with E-state index >= 15 is 0 Å². The summed E-state index contributed by atoms with van der Waals surface area (Å²) in [6, 6.07) is 2.96. The topological polar surface area (TPSA) is 72.5 Å². The lowest BCUT2D eigenvalue weighted by atomic mass is 9.98. The van der Waals surface area contributed by atoms with Gasteiger partial charge in [-0.25, -0.2) is 0 Å². The summed E-state index contributed by atoms with van der Waals surface area (Å²) in [4.78, 5) is 10.7. The first-order valence-electron chi connectivity index (χ1n) is 4.95. The predicted octanol–water partition coefficient (Wildman–Crippen LogP) is 1.86. The Morgan fingerprint density at radius 1 is 1.47 bits per heavy atom. The standard InChI is InChI=1S/C11H12BrNO3.ClH/c12-9-2-1-6(3-10(13)11(14)15)7-4-16-5-8(7)9;/h1-2,10H,3-5,13H2,(H,14,15);1H/t10-;/m0./s1. The minimum atomic E-state index is -0.976. The smallest absolute Gasteiger partial charge is 0.320 e. The minimum Gasteiger partial charge on any atom is -0.480 e. The van der Waals surface area contributed by atoms with Crippen LogP contribution in [-0.2, 0) is 29.2 Å². The highest BCUT2D eigenvalue weighted by Crippen LogP contribution is 2.30. The van der Waals surface area contributed by atoms with Crippen LogP contribution in [0.2, 0.25) is 0 Å². The van der Waals surface area contributed by atoms with Gasteiger partial charge in [0.1, 0.15) is 6.04 Å². The van der Waals surface area contributed by atoms with Gasteiger partial charge in [-0.05, 0) is 29.2 Å². The van der Waals surface area contributed by atoms with Crippen LogP contribution < -0.4 is 5.73 Å². The highest BCUT2D eigenvalue weighted by atomic mass is 79.9. The van der Waals surface area contributed by atoms with Crippen molar-refractivity contribution in [3.8, 4) is 0 Å². The van der Waals surface area contributed by atoms with Gasteiger partial charge >= 0.3 is 5.97 Å². The van der Waals surface area contributed by atoms with Crippen molar-refractivity contribution in [2.45, 2.75) is 25.7 Å². The largest absolute Gasteiger partial charge is 0.480 e. The van der Waals surface area contributed by atoms with Crippen LogP contribution in [0, 0.1) is 0 Å². The van der Waals surface area contributed by atoms with Crippen molar-refractivity contribution in [1.82, 2.24) is 0 Å². The number of rotatable bonds is 3. The van der Waals surface area contributed by atoms with Crippen LogP contribution in [0.15, 0.2) is 16.6 Å². The van der Waals surface area contributed by atoms with Crippen molar-refractivity contribution in [3.05, 3.63) is 33.3 Å². The van der Waals surface area contributed by atoms with Gasteiger partial charge in [0.05, 0.1) is 13.2 Å². The number of carboxylic acids is 1. The number of hydrogen-bond donors (Lipinski definition) is 2. The Bertz CT molecular complexity index is 439. The van der Waals surface area contributed by atoms with E-state index in [1.165, 1.54) is 0 Å². The molecular formula is C11H13BrClNO3. The molecule has 1 aromatic rings. The minimum absolute atomic E-state index is 0. The van der Waals surface area contributed by atoms with Gasteiger partial charge in [-0.15, -0.1) is 12.4 Å². The highest BCUT2D eigenvalue weighted by molar-refractivity contribution is 9.10. The molecule has 17 heavy (non-hydrogen) atoms. The highest BCUT2D eigenvalue weighted by Gasteiger charge is 2.21. The number of halogens is 2. The van der Waals surface area contributed by atoms with Crippen LogP contribution in [-0.4, -0.2) is 17.1 Å². The van der Waals surface area contributed by atoms with Gasteiger partial charge in [0.25, 0.3) is 0 Å². The molecule has 1 aromatic carbocycles. The molecule has 0 radical (unpaired) electrons. The second-order valence-corrected chi connectivity index (χ2v) is 4.66. The molecule has 0 saturated heterocycles. The van der Waals surface area contributed by atoms with E-state index in [9.17, 15) is 4.79 Å². The molecule has 0 saturated carbocycles. The number of carboxylic acid groups (broad SMARTS) is 1. The number of aliphatic carboxylic acids is 1. The molecule has 0 unspecified atom stereocenters. The number of hydrogen-bond acceptors (Lipinski definition) is 3. The van der Waals surface area contributed by atoms with E-state index in [-0.39, 0.29) is 12.4 Å². The molecule has 6 heteroatoms. The Hall–Kier alpha value is -0.620. The maximum Gasteiger partial charge on any atom is 0.320 e. The molecule has 0 aliphatic carbocycles. The SMILES string of the molecule is Cl.N[C@@H](Cc1ccc(Br)c2c1COC2)C(=O)O. The summed E-state index contributed by atoms with van der Waals surface area (Å²) >= 11 is 3.45. The first kappa shape index (κ1) is 14.4. The zero-order chi connectivity index (χ0) is 11.7. The van der Waals surface area contributed by atoms with Gasteiger partial charge in [0.15, 0.2) is 0 Å². The summed E-state index contributed by atoms with van der Waals surface area (Å²) in [5.41, 5.74) is 8.67. The fraction of sp³-hybridized carbons (Fsp3) is 0.364. The molecule has 4 nitrogen and oxygen atoms in total. The molecule has 0 amide bonds. The third-order valence-electron chi connectivity index (χ3n) is 2.72. The number of benzene rings is 1. The van der Waals surface area contributed by atoms with Gasteiger partial charge in [-0.1, -0.05) is 22.0 Å². The average Bonchev–Trinajstić information content (AvgIpc) is 2.71. The van der Waals surface area contributed by atoms with Crippen molar-refractivity contribution in [2.75, 3.05) is 0 Å². The molecule has 94 valence electrons. The zero-order valence-corrected chi connectivity index (χ0v) is 11.4. The molecule has 2 rings (SSSR count). The molecule has 1 aliphatic rings. The molecule has 3 N–H and O–H groups in total. The van der Waals surface area contributed by atoms with E-state index in [1.807, 2.05) is 12.1 Å². The lowest BCUT2D eigenvalue weighted by Crippen LogP contribution is -2.32. The van der Waals surface area contributed by atoms with Crippen molar-refractivity contribution in [1.29, 1.82) is 0 Å². The third kappa shape index (κ3) is 2.98. The number of ether oxygens (including phenoxy) is 1. The molecule has 1 heterocycles. The Morgan fingerprint density at radius 2 is 2.12 bits per heavy atom. The van der Waals surface area contributed by atoms with Crippen molar-refractivity contribution in [3.63, 3.8) is 0 Å². The Morgan fingerprint density at radius 3 is 2.76 bits per heavy atom. The second-order valence-electron chi connectivity index (χ2n) is 3.81. The molecule has 1 atom stereocenters. The number of carbonyl (C=O) groups is 1. The van der Waals surface area contributed by atoms with Crippen LogP contribution >= 0.6 is 28.3 Å². The van der Waals surface area contributed by atoms with Gasteiger partial charge in [-0.2, -0.15) is 0 Å². The fourth-order valence-corrected chi connectivity index (χ4v) is 2.31. The number of nitrogens with two attached hydrogens (primary N) is 1. The molecule has 0 bridgehead atoms. The summed E-state index contributed by atoms with van der Waals surface area (Å²) in [7, 11) is 0. The summed E-state index contributed by atoms with van der Waals surface area (Å²) in [6.45, 7) is 1.11. The first-order valence-corrected chi connectivity index (χ1v) is 5.74. The lowest BCUT2D eigenvalue weighted by molar-refractivity contribution is -0.138. The van der Waals surface area contributed by atoms with E-state index in [2.05, 4.69) is 15.9 Å². The van der Waals surface area contributed by atoms with Crippen molar-refractivity contribution in [2.24, 2.45) is 5.73 Å². The normalized spacial score (nSPS) is 14.9. The summed E-state index contributed by atoms with van der Waals surface area (Å²) < 4.78 is 6.37. The van der Waals surface area contributed by atoms with Crippen LogP contribution in [0.5, 0.6) is 0 Å². The Kier molecular flexibility index (Phi) is 4.94. The molecule has 0 aromatic heterocycles. The van der Waals surface area contributed by atoms with E-state index in [0.29, 0.717) is 19.6 Å². The zero-order valence-electron chi connectivity index (χ0n) is 8.98. The lowest BCUT2D eigenvalue weighted by Gasteiger charge is -2.11. The van der Waals surface area contributed by atoms with Gasteiger partial charge in [0, 0.05) is 4.47 Å². The van der Waals surface area contributed by atoms with Gasteiger partial charge in [0.2, 0.25) is 0 Å². The summed E-state index contributed by atoms with van der Waals surface area (Å²) in [5.74, 6) is -0.976. The van der Waals surface area contributed by atoms with Gasteiger partial charge < -0.3 is 15.6 Å². The third-order valence-corrected chi connectivity index (χ3v) is 3.46. The van der Waals surface area contributed by atoms with Crippen LogP contribution in [0.3, 0.4) is 0 Å². The van der Waals surface area contributed by atoms with Crippen molar-refractivity contribution >= 4 is 34.3 Å². The molecule has 0 spiro atoms. The molecule has 0 fully saturated rings. The van der Waals surface area contributed by atoms with E-state index in [4.69, 9.17) is 15.6 Å². The van der Waals surface area contributed by atoms with E-state index in [0.717, 1.165) is 21.2 Å². The number of fused-ring (bicyclic) bond motifs is 1. The van der Waals surface area contributed by atoms with E-state index in [1.54, 1.807) is 0 Å². The molecule has 1 aliphatic heterocycles. The summed E-state index contributed by atoms with van der Waals surface area (Å²) in [6.07, 6.45) is 0.342. The first-order chi connectivity index (χ1) is 7.59. The molecular weight excluding hydrogens is 309 g/mol. The maximum atomic E-state index is 10.7. The van der Waals surface area contributed by atoms with E-state index < -0.39 is 12.0 Å². The van der Waals surface area contributed by atoms with Crippen LogP contribution in [0.4, 0.5) is 0 Å². The van der Waals surface area contributed by atoms with Crippen LogP contribution in [0.1, 0.15) is 16.7 Å². The summed E-state index contributed by atoms with van der Waals surface area (Å²) in [5, 5.41) is 8.78. The Balaban J connectivity index is 0.00000144. The Labute approximate surface area is 114 Å².